The van der Waals surface area contributed by atoms with E-state index in [1.54, 1.807) is 41.5 Å². The standard InChI is InChI=1S/C33H60O5.C30H53N3O6.C14H30N2O/c1-19(2)35-18-23(9)26-11-12-27-31-28(17-30(32(26,27)10)38-22(7)8)33(34)14-13-25(36-20(3)4)15-24(33)16-29(31)37-21(5)6;1-17(2)25(34)14-11-23(29(38)19(5)6)32-27(36)16-13-24(30(39)20(7)8)33-26(35)15-12-22(31-21(9)10)28(37)18(3)4;1-10(2)14(17)13(16-12(5)6)8-7-9-15-11(3)4/h19-31,34H,11-18H2,1-10H3;17-24,31H,11-16H2,1-10H3,(H,32,36)(H,33,35);10-13,15-16H,7-9H2,1-6H3/t23-,24?,25?,26?,27?,28?,29?,30?,31?,32?,33?;;/m1../s1. The van der Waals surface area contributed by atoms with Gasteiger partial charge in [-0.2, -0.15) is 0 Å². The summed E-state index contributed by atoms with van der Waals surface area (Å²) in [4.78, 5) is 87.7. The maximum absolute atomic E-state index is 12.8. The van der Waals surface area contributed by atoms with E-state index in [0.717, 1.165) is 58.1 Å². The van der Waals surface area contributed by atoms with Gasteiger partial charge in [0, 0.05) is 79.0 Å². The molecule has 4 rings (SSSR count). The molecular weight excluding hydrogens is 1190 g/mol. The lowest BCUT2D eigenvalue weighted by Gasteiger charge is -2.64. The minimum absolute atomic E-state index is 0.0176. The normalized spacial score (nSPS) is 26.1. The number of carbonyl (C=O) groups is 7. The first-order chi connectivity index (χ1) is 43.6. The third-order valence-electron chi connectivity index (χ3n) is 20.2. The number of amides is 2. The molecule has 6 N–H and O–H groups in total. The number of Topliss-reactive ketones (excluding diaryl/α,β-unsaturated/α-hetero) is 5. The second-order valence-corrected chi connectivity index (χ2v) is 32.5. The summed E-state index contributed by atoms with van der Waals surface area (Å²) in [5, 5.41) is 28.0. The van der Waals surface area contributed by atoms with Gasteiger partial charge < -0.3 is 50.6 Å². The van der Waals surface area contributed by atoms with Crippen molar-refractivity contribution < 1.29 is 57.6 Å². The first-order valence-electron chi connectivity index (χ1n) is 37.4. The molecule has 0 aliphatic heterocycles. The SMILES string of the molecule is CC(C)NC(CCC(=O)NC(CCC(=O)NC(CCC(=O)C(C)C)C(=O)C(C)C)C(=O)C(C)C)C(=O)C(C)C.CC(C)NCCCC(NC(C)C)C(=O)C(C)C.CC(C)OC[C@@H](C)C1CCC2C3C(OC(C)C)CC4CC(OC(C)C)CCC4(O)C3CC(OC(C)C)C21C. The first-order valence-corrected chi connectivity index (χ1v) is 37.4. The lowest BCUT2D eigenvalue weighted by atomic mass is 9.46. The molecule has 0 aromatic carbocycles. The summed E-state index contributed by atoms with van der Waals surface area (Å²) in [6, 6.07) is -1.12. The average molecular weight is 1330 g/mol. The van der Waals surface area contributed by atoms with E-state index in [2.05, 4.69) is 124 Å². The second-order valence-electron chi connectivity index (χ2n) is 32.5. The van der Waals surface area contributed by atoms with E-state index in [0.29, 0.717) is 48.0 Å². The van der Waals surface area contributed by atoms with E-state index in [4.69, 9.17) is 18.9 Å². The monoisotopic (exact) mass is 1330 g/mol. The van der Waals surface area contributed by atoms with Gasteiger partial charge in [0.2, 0.25) is 11.8 Å². The van der Waals surface area contributed by atoms with Gasteiger partial charge in [-0.25, -0.2) is 0 Å². The molecule has 4 saturated carbocycles. The van der Waals surface area contributed by atoms with Crippen molar-refractivity contribution in [2.45, 2.75) is 367 Å². The van der Waals surface area contributed by atoms with Gasteiger partial charge in [-0.15, -0.1) is 0 Å². The highest BCUT2D eigenvalue weighted by atomic mass is 16.5. The van der Waals surface area contributed by atoms with Gasteiger partial charge >= 0.3 is 0 Å². The van der Waals surface area contributed by atoms with Gasteiger partial charge in [0.15, 0.2) is 23.1 Å². The van der Waals surface area contributed by atoms with Crippen molar-refractivity contribution in [3.8, 4) is 0 Å². The van der Waals surface area contributed by atoms with E-state index in [9.17, 15) is 38.7 Å². The van der Waals surface area contributed by atoms with Crippen LogP contribution in [-0.2, 0) is 52.5 Å². The quantitative estimate of drug-likeness (QED) is 0.0314. The number of rotatable bonds is 39. The van der Waals surface area contributed by atoms with E-state index in [1.807, 2.05) is 41.5 Å². The molecule has 4 aliphatic rings. The summed E-state index contributed by atoms with van der Waals surface area (Å²) >= 11 is 0. The lowest BCUT2D eigenvalue weighted by molar-refractivity contribution is -0.263. The number of carbonyl (C=O) groups excluding carboxylic acids is 7. The van der Waals surface area contributed by atoms with Crippen LogP contribution in [0, 0.1) is 70.5 Å². The van der Waals surface area contributed by atoms with E-state index in [-0.39, 0.29) is 163 Å². The molecule has 2 amide bonds. The topological polar surface area (TPSA) is 237 Å². The minimum atomic E-state index is -0.859. The lowest BCUT2D eigenvalue weighted by Crippen LogP contribution is -2.67. The van der Waals surface area contributed by atoms with Gasteiger partial charge in [0.1, 0.15) is 5.78 Å². The molecule has 94 heavy (non-hydrogen) atoms. The Morgan fingerprint density at radius 2 is 0.936 bits per heavy atom. The Balaban J connectivity index is 0.000000516. The molecule has 17 heteroatoms. The third-order valence-corrected chi connectivity index (χ3v) is 20.2. The average Bonchev–Trinajstić information content (AvgIpc) is 1.32. The molecule has 0 heterocycles. The molecule has 0 aromatic rings. The molecule has 14 unspecified atom stereocenters. The van der Waals surface area contributed by atoms with Crippen molar-refractivity contribution in [2.24, 2.45) is 70.5 Å². The Morgan fingerprint density at radius 1 is 0.479 bits per heavy atom. The van der Waals surface area contributed by atoms with Crippen LogP contribution < -0.4 is 26.6 Å². The van der Waals surface area contributed by atoms with E-state index < -0.39 is 29.6 Å². The molecule has 4 fully saturated rings. The summed E-state index contributed by atoms with van der Waals surface area (Å²) in [5.41, 5.74) is -0.590. The first kappa shape index (κ1) is 87.1. The summed E-state index contributed by atoms with van der Waals surface area (Å²) in [5.74, 6) is 0.757. The highest BCUT2D eigenvalue weighted by Gasteiger charge is 2.68. The Bertz CT molecular complexity index is 2280. The minimum Gasteiger partial charge on any atom is -0.389 e. The van der Waals surface area contributed by atoms with Crippen molar-refractivity contribution >= 4 is 40.7 Å². The Labute approximate surface area is 573 Å². The van der Waals surface area contributed by atoms with Crippen LogP contribution in [0.15, 0.2) is 0 Å². The largest absolute Gasteiger partial charge is 0.389 e. The van der Waals surface area contributed by atoms with Gasteiger partial charge in [-0.1, -0.05) is 125 Å². The van der Waals surface area contributed by atoms with Gasteiger partial charge in [0.05, 0.1) is 72.5 Å². The highest BCUT2D eigenvalue weighted by molar-refractivity contribution is 5.93. The predicted octanol–water partition coefficient (Wildman–Crippen LogP) is 13.0. The van der Waals surface area contributed by atoms with Crippen molar-refractivity contribution in [3.05, 3.63) is 0 Å². The van der Waals surface area contributed by atoms with Crippen LogP contribution in [0.4, 0.5) is 0 Å². The molecule has 15 atom stereocenters. The number of aliphatic hydroxyl groups is 1. The number of fused-ring (bicyclic) bond motifs is 5. The second kappa shape index (κ2) is 41.5. The molecular formula is C77H143N5O12. The van der Waals surface area contributed by atoms with Crippen LogP contribution in [0.2, 0.25) is 0 Å². The van der Waals surface area contributed by atoms with Crippen molar-refractivity contribution in [2.75, 3.05) is 13.2 Å². The summed E-state index contributed by atoms with van der Waals surface area (Å²) in [6.45, 7) is 54.4. The number of hydrogen-bond donors (Lipinski definition) is 6. The Hall–Kier alpha value is -3.03. The zero-order chi connectivity index (χ0) is 71.9. The summed E-state index contributed by atoms with van der Waals surface area (Å²) < 4.78 is 26.1. The third kappa shape index (κ3) is 27.9. The van der Waals surface area contributed by atoms with Crippen LogP contribution in [0.1, 0.15) is 276 Å². The molecule has 0 aromatic heterocycles. The fraction of sp³-hybridized carbons (Fsp3) is 0.909. The number of nitrogens with one attached hydrogen (secondary N) is 5. The molecule has 0 spiro atoms. The molecule has 0 bridgehead atoms. The molecule has 0 radical (unpaired) electrons. The molecule has 0 saturated heterocycles. The number of hydrogen-bond acceptors (Lipinski definition) is 15. The molecule has 548 valence electrons. The fourth-order valence-corrected chi connectivity index (χ4v) is 15.6. The maximum Gasteiger partial charge on any atom is 0.220 e. The summed E-state index contributed by atoms with van der Waals surface area (Å²) in [6.07, 6.45) is 11.2. The van der Waals surface area contributed by atoms with Crippen molar-refractivity contribution in [1.29, 1.82) is 0 Å². The van der Waals surface area contributed by atoms with Crippen LogP contribution in [0.5, 0.6) is 0 Å². The number of ketones is 5. The highest BCUT2D eigenvalue weighted by Crippen LogP contribution is 2.67. The zero-order valence-electron chi connectivity index (χ0n) is 64.4. The Morgan fingerprint density at radius 3 is 1.37 bits per heavy atom. The van der Waals surface area contributed by atoms with Gasteiger partial charge in [-0.05, 0) is 174 Å². The van der Waals surface area contributed by atoms with Crippen LogP contribution >= 0.6 is 0 Å². The molecule has 4 aliphatic carbocycles. The van der Waals surface area contributed by atoms with E-state index in [1.165, 1.54) is 12.8 Å². The van der Waals surface area contributed by atoms with Crippen LogP contribution in [0.3, 0.4) is 0 Å². The van der Waals surface area contributed by atoms with Gasteiger partial charge in [-0.3, -0.25) is 33.6 Å². The zero-order valence-corrected chi connectivity index (χ0v) is 64.4. The van der Waals surface area contributed by atoms with E-state index >= 15 is 0 Å². The molecule has 17 nitrogen and oxygen atoms in total. The van der Waals surface area contributed by atoms with Crippen molar-refractivity contribution in [1.82, 2.24) is 26.6 Å². The van der Waals surface area contributed by atoms with Crippen molar-refractivity contribution in [3.63, 3.8) is 0 Å². The van der Waals surface area contributed by atoms with Crippen LogP contribution in [0.25, 0.3) is 0 Å². The van der Waals surface area contributed by atoms with Gasteiger partial charge in [0.25, 0.3) is 0 Å². The fourth-order valence-electron chi connectivity index (χ4n) is 15.6. The Kier molecular flexibility index (Phi) is 38.5. The predicted molar refractivity (Wildman–Crippen MR) is 380 cm³/mol. The summed E-state index contributed by atoms with van der Waals surface area (Å²) in [7, 11) is 0. The number of ether oxygens (including phenoxy) is 4. The maximum atomic E-state index is 12.8. The smallest absolute Gasteiger partial charge is 0.220 e. The van der Waals surface area contributed by atoms with Crippen LogP contribution in [-0.4, -0.2) is 150 Å².